The molecule has 0 aromatic rings. The van der Waals surface area contributed by atoms with E-state index in [0.29, 0.717) is 6.61 Å². The monoisotopic (exact) mass is 156 g/mol. The number of esters is 1. The van der Waals surface area contributed by atoms with Crippen molar-refractivity contribution in [1.82, 2.24) is 0 Å². The Labute approximate surface area is 65.7 Å². The van der Waals surface area contributed by atoms with Gasteiger partial charge in [-0.3, -0.25) is 4.79 Å². The summed E-state index contributed by atoms with van der Waals surface area (Å²) in [5, 5.41) is 0. The molecule has 0 aromatic carbocycles. The van der Waals surface area contributed by atoms with Crippen molar-refractivity contribution in [2.45, 2.75) is 19.8 Å². The van der Waals surface area contributed by atoms with E-state index in [1.165, 1.54) is 6.92 Å². The van der Waals surface area contributed by atoms with Crippen molar-refractivity contribution in [1.29, 1.82) is 0 Å². The average Bonchev–Trinajstić information content (AvgIpc) is 1.86. The van der Waals surface area contributed by atoms with Gasteiger partial charge in [0.05, 0.1) is 6.61 Å². The predicted molar refractivity (Wildman–Crippen MR) is 38.9 cm³/mol. The van der Waals surface area contributed by atoms with Gasteiger partial charge in [-0.1, -0.05) is 0 Å². The lowest BCUT2D eigenvalue weighted by Crippen LogP contribution is -2.31. The minimum atomic E-state index is -0.262. The van der Waals surface area contributed by atoms with Gasteiger partial charge in [-0.25, -0.2) is 0 Å². The molecule has 1 aliphatic carbocycles. The maximum absolute atomic E-state index is 10.4. The second-order valence-corrected chi connectivity index (χ2v) is 2.94. The summed E-state index contributed by atoms with van der Waals surface area (Å²) in [7, 11) is 0. The van der Waals surface area contributed by atoms with Crippen molar-refractivity contribution in [2.24, 2.45) is 11.8 Å². The summed E-state index contributed by atoms with van der Waals surface area (Å²) in [6.45, 7) is 1.80. The van der Waals surface area contributed by atoms with E-state index in [0.717, 1.165) is 19.1 Å². The highest BCUT2D eigenvalue weighted by atomic mass is 16.5. The molecule has 0 heterocycles. The van der Waals surface area contributed by atoms with Gasteiger partial charge in [-0.15, -0.1) is 0 Å². The van der Waals surface area contributed by atoms with Gasteiger partial charge in [-0.2, -0.15) is 0 Å². The lowest BCUT2D eigenvalue weighted by atomic mass is 9.75. The third-order valence-corrected chi connectivity index (χ3v) is 2.15. The molecule has 0 saturated heterocycles. The summed E-state index contributed by atoms with van der Waals surface area (Å²) in [6, 6.07) is 0. The molecule has 1 rings (SSSR count). The van der Waals surface area contributed by atoms with Crippen LogP contribution < -0.4 is 0 Å². The van der Waals surface area contributed by atoms with Crippen molar-refractivity contribution >= 4 is 12.3 Å². The number of carbonyl (C=O) groups is 2. The van der Waals surface area contributed by atoms with Crippen molar-refractivity contribution in [3.63, 3.8) is 0 Å². The van der Waals surface area contributed by atoms with Crippen LogP contribution in [-0.4, -0.2) is 18.9 Å². The summed E-state index contributed by atoms with van der Waals surface area (Å²) in [5.74, 6) is 0.160. The lowest BCUT2D eigenvalue weighted by molar-refractivity contribution is -0.145. The largest absolute Gasteiger partial charge is 0.466 e. The number of hydrogen-bond acceptors (Lipinski definition) is 3. The van der Waals surface area contributed by atoms with Crippen molar-refractivity contribution < 1.29 is 14.3 Å². The number of hydrogen-bond donors (Lipinski definition) is 0. The van der Waals surface area contributed by atoms with E-state index in [2.05, 4.69) is 0 Å². The SMILES string of the molecule is CC(=O)OC[C@@H]1CCC1C=O. The van der Waals surface area contributed by atoms with Gasteiger partial charge in [0.25, 0.3) is 0 Å². The van der Waals surface area contributed by atoms with Crippen LogP contribution >= 0.6 is 0 Å². The normalized spacial score (nSPS) is 28.8. The van der Waals surface area contributed by atoms with Crippen LogP contribution in [0.15, 0.2) is 0 Å². The zero-order valence-corrected chi connectivity index (χ0v) is 6.58. The molecule has 0 bridgehead atoms. The van der Waals surface area contributed by atoms with Crippen LogP contribution in [0.5, 0.6) is 0 Å². The van der Waals surface area contributed by atoms with Crippen LogP contribution in [-0.2, 0) is 14.3 Å². The number of ether oxygens (including phenoxy) is 1. The molecule has 2 atom stereocenters. The van der Waals surface area contributed by atoms with Gasteiger partial charge in [0, 0.05) is 18.8 Å². The summed E-state index contributed by atoms with van der Waals surface area (Å²) >= 11 is 0. The first-order valence-electron chi connectivity index (χ1n) is 3.82. The quantitative estimate of drug-likeness (QED) is 0.448. The summed E-state index contributed by atoms with van der Waals surface area (Å²) in [6.07, 6.45) is 2.92. The summed E-state index contributed by atoms with van der Waals surface area (Å²) < 4.78 is 4.78. The van der Waals surface area contributed by atoms with E-state index < -0.39 is 0 Å². The Morgan fingerprint density at radius 3 is 2.73 bits per heavy atom. The lowest BCUT2D eigenvalue weighted by Gasteiger charge is -2.31. The van der Waals surface area contributed by atoms with Crippen LogP contribution in [0.3, 0.4) is 0 Å². The zero-order chi connectivity index (χ0) is 8.27. The Kier molecular flexibility index (Phi) is 2.63. The maximum atomic E-state index is 10.4. The molecule has 0 N–H and O–H groups in total. The Morgan fingerprint density at radius 1 is 1.64 bits per heavy atom. The topological polar surface area (TPSA) is 43.4 Å². The Bertz CT molecular complexity index is 165. The van der Waals surface area contributed by atoms with E-state index in [1.807, 2.05) is 0 Å². The van der Waals surface area contributed by atoms with Crippen molar-refractivity contribution in [3.05, 3.63) is 0 Å². The highest BCUT2D eigenvalue weighted by Crippen LogP contribution is 2.32. The van der Waals surface area contributed by atoms with Crippen LogP contribution in [0, 0.1) is 11.8 Å². The second kappa shape index (κ2) is 3.51. The summed E-state index contributed by atoms with van der Waals surface area (Å²) in [5.41, 5.74) is 0. The number of carbonyl (C=O) groups excluding carboxylic acids is 2. The molecule has 11 heavy (non-hydrogen) atoms. The first kappa shape index (κ1) is 8.24. The highest BCUT2D eigenvalue weighted by Gasteiger charge is 2.30. The molecule has 0 radical (unpaired) electrons. The van der Waals surface area contributed by atoms with Gasteiger partial charge in [-0.05, 0) is 12.8 Å². The molecule has 3 nitrogen and oxygen atoms in total. The molecule has 0 amide bonds. The predicted octanol–water partition coefficient (Wildman–Crippen LogP) is 0.775. The van der Waals surface area contributed by atoms with Gasteiger partial charge < -0.3 is 9.53 Å². The Balaban J connectivity index is 2.17. The highest BCUT2D eigenvalue weighted by molar-refractivity contribution is 5.66. The smallest absolute Gasteiger partial charge is 0.302 e. The Hall–Kier alpha value is -0.860. The minimum Gasteiger partial charge on any atom is -0.466 e. The zero-order valence-electron chi connectivity index (χ0n) is 6.58. The first-order chi connectivity index (χ1) is 5.24. The van der Waals surface area contributed by atoms with E-state index in [-0.39, 0.29) is 17.8 Å². The van der Waals surface area contributed by atoms with E-state index in [9.17, 15) is 9.59 Å². The van der Waals surface area contributed by atoms with Crippen LogP contribution in [0.1, 0.15) is 19.8 Å². The molecule has 0 aromatic heterocycles. The molecule has 1 saturated carbocycles. The molecule has 1 fully saturated rings. The van der Waals surface area contributed by atoms with Crippen LogP contribution in [0.2, 0.25) is 0 Å². The maximum Gasteiger partial charge on any atom is 0.302 e. The molecule has 0 spiro atoms. The van der Waals surface area contributed by atoms with Gasteiger partial charge in [0.2, 0.25) is 0 Å². The number of rotatable bonds is 3. The molecular formula is C8H12O3. The molecule has 0 aliphatic heterocycles. The molecule has 1 unspecified atom stereocenters. The number of aldehydes is 1. The van der Waals surface area contributed by atoms with Gasteiger partial charge in [0.15, 0.2) is 0 Å². The van der Waals surface area contributed by atoms with E-state index in [4.69, 9.17) is 4.74 Å². The van der Waals surface area contributed by atoms with Gasteiger partial charge in [0.1, 0.15) is 6.29 Å². The van der Waals surface area contributed by atoms with Crippen molar-refractivity contribution in [2.75, 3.05) is 6.61 Å². The molecule has 3 heteroatoms. The Morgan fingerprint density at radius 2 is 2.36 bits per heavy atom. The second-order valence-electron chi connectivity index (χ2n) is 2.94. The van der Waals surface area contributed by atoms with E-state index in [1.54, 1.807) is 0 Å². The molecule has 62 valence electrons. The first-order valence-corrected chi connectivity index (χ1v) is 3.82. The standard InChI is InChI=1S/C8H12O3/c1-6(10)11-5-8-3-2-7(8)4-9/h4,7-8H,2-3,5H2,1H3/t7?,8-/m0/s1. The third kappa shape index (κ3) is 2.03. The fourth-order valence-corrected chi connectivity index (χ4v) is 1.21. The fraction of sp³-hybridized carbons (Fsp3) is 0.750. The average molecular weight is 156 g/mol. The molecule has 1 aliphatic rings. The molecular weight excluding hydrogens is 144 g/mol. The van der Waals surface area contributed by atoms with Gasteiger partial charge >= 0.3 is 5.97 Å². The third-order valence-electron chi connectivity index (χ3n) is 2.15. The fourth-order valence-electron chi connectivity index (χ4n) is 1.21. The van der Waals surface area contributed by atoms with E-state index >= 15 is 0 Å². The minimum absolute atomic E-state index is 0.134. The van der Waals surface area contributed by atoms with Crippen molar-refractivity contribution in [3.8, 4) is 0 Å². The summed E-state index contributed by atoms with van der Waals surface area (Å²) in [4.78, 5) is 20.7. The van der Waals surface area contributed by atoms with Crippen LogP contribution in [0.4, 0.5) is 0 Å². The van der Waals surface area contributed by atoms with Crippen LogP contribution in [0.25, 0.3) is 0 Å².